The quantitative estimate of drug-likeness (QED) is 0.595. The third kappa shape index (κ3) is 1.59. The summed E-state index contributed by atoms with van der Waals surface area (Å²) in [7, 11) is 1.79. The number of nitrogens with zero attached hydrogens (tertiary/aromatic N) is 2. The Morgan fingerprint density at radius 1 is 1.56 bits per heavy atom. The highest BCUT2D eigenvalue weighted by Crippen LogP contribution is 2.28. The van der Waals surface area contributed by atoms with Crippen LogP contribution in [0.4, 0.5) is 0 Å². The van der Waals surface area contributed by atoms with Crippen LogP contribution in [0.3, 0.4) is 0 Å². The van der Waals surface area contributed by atoms with Gasteiger partial charge in [0.15, 0.2) is 11.6 Å². The van der Waals surface area contributed by atoms with Crippen molar-refractivity contribution in [1.29, 1.82) is 0 Å². The van der Waals surface area contributed by atoms with Crippen molar-refractivity contribution in [2.24, 2.45) is 13.0 Å². The van der Waals surface area contributed by atoms with Crippen molar-refractivity contribution in [3.05, 3.63) is 41.9 Å². The van der Waals surface area contributed by atoms with Crippen LogP contribution in [0.1, 0.15) is 33.0 Å². The molecule has 2 aromatic heterocycles. The number of aromatic nitrogens is 2. The smallest absolute Gasteiger partial charge is 0.193 e. The molecular formula is C13H12N2O3. The molecule has 0 fully saturated rings. The van der Waals surface area contributed by atoms with Gasteiger partial charge in [-0.3, -0.25) is 9.59 Å². The van der Waals surface area contributed by atoms with Gasteiger partial charge >= 0.3 is 0 Å². The molecule has 1 aliphatic rings. The van der Waals surface area contributed by atoms with Gasteiger partial charge in [0.2, 0.25) is 0 Å². The number of hydrogen-bond donors (Lipinski definition) is 0. The second kappa shape index (κ2) is 3.94. The van der Waals surface area contributed by atoms with Crippen LogP contribution in [0, 0.1) is 5.92 Å². The molecule has 0 radical (unpaired) electrons. The molecule has 0 amide bonds. The van der Waals surface area contributed by atoms with Gasteiger partial charge in [-0.25, -0.2) is 4.98 Å². The van der Waals surface area contributed by atoms with E-state index < -0.39 is 5.92 Å². The number of rotatable bonds is 2. The standard InChI is InChI=1S/C13H12N2O3/c1-15-6-10(14-7-15)13(17)9-2-3-11-8(12(9)16)4-5-18-11/h4-7,9H,2-3H2,1H3. The Morgan fingerprint density at radius 3 is 3.11 bits per heavy atom. The molecular weight excluding hydrogens is 232 g/mol. The molecule has 5 nitrogen and oxygen atoms in total. The van der Waals surface area contributed by atoms with Gasteiger partial charge in [0.05, 0.1) is 24.1 Å². The summed E-state index contributed by atoms with van der Waals surface area (Å²) >= 11 is 0. The molecule has 3 rings (SSSR count). The zero-order valence-corrected chi connectivity index (χ0v) is 9.92. The SMILES string of the molecule is Cn1cnc(C(=O)C2CCc3occc3C2=O)c1. The summed E-state index contributed by atoms with van der Waals surface area (Å²) in [6.45, 7) is 0. The number of ketones is 2. The molecule has 2 heterocycles. The molecule has 0 aliphatic heterocycles. The summed E-state index contributed by atoms with van der Waals surface area (Å²) in [5.41, 5.74) is 0.887. The minimum Gasteiger partial charge on any atom is -0.469 e. The summed E-state index contributed by atoms with van der Waals surface area (Å²) in [5.74, 6) is -0.289. The van der Waals surface area contributed by atoms with E-state index in [0.29, 0.717) is 29.9 Å². The number of aryl methyl sites for hydroxylation is 2. The van der Waals surface area contributed by atoms with E-state index in [9.17, 15) is 9.59 Å². The maximum Gasteiger partial charge on any atom is 0.193 e. The number of fused-ring (bicyclic) bond motifs is 1. The van der Waals surface area contributed by atoms with Gasteiger partial charge in [-0.1, -0.05) is 0 Å². The normalized spacial score (nSPS) is 18.7. The second-order valence-corrected chi connectivity index (χ2v) is 4.50. The average molecular weight is 244 g/mol. The van der Waals surface area contributed by atoms with Crippen LogP contribution in [-0.4, -0.2) is 21.1 Å². The highest BCUT2D eigenvalue weighted by molar-refractivity contribution is 6.16. The summed E-state index contributed by atoms with van der Waals surface area (Å²) in [6, 6.07) is 1.63. The van der Waals surface area contributed by atoms with Crippen LogP contribution in [0.15, 0.2) is 29.3 Å². The number of hydrogen-bond acceptors (Lipinski definition) is 4. The van der Waals surface area contributed by atoms with E-state index in [1.165, 1.54) is 6.26 Å². The summed E-state index contributed by atoms with van der Waals surface area (Å²) in [6.07, 6.45) is 5.81. The van der Waals surface area contributed by atoms with E-state index in [-0.39, 0.29) is 11.6 Å². The van der Waals surface area contributed by atoms with Crippen molar-refractivity contribution in [1.82, 2.24) is 9.55 Å². The highest BCUT2D eigenvalue weighted by atomic mass is 16.3. The molecule has 1 aliphatic carbocycles. The second-order valence-electron chi connectivity index (χ2n) is 4.50. The van der Waals surface area contributed by atoms with Crippen LogP contribution >= 0.6 is 0 Å². The predicted molar refractivity (Wildman–Crippen MR) is 62.4 cm³/mol. The molecule has 5 heteroatoms. The van der Waals surface area contributed by atoms with E-state index in [2.05, 4.69) is 4.98 Å². The van der Waals surface area contributed by atoms with Crippen LogP contribution < -0.4 is 0 Å². The van der Waals surface area contributed by atoms with Crippen molar-refractivity contribution in [2.75, 3.05) is 0 Å². The fourth-order valence-corrected chi connectivity index (χ4v) is 2.32. The van der Waals surface area contributed by atoms with E-state index in [1.54, 1.807) is 30.2 Å². The Hall–Kier alpha value is -2.17. The lowest BCUT2D eigenvalue weighted by molar-refractivity contribution is 0.0784. The maximum atomic E-state index is 12.2. The van der Waals surface area contributed by atoms with Crippen LogP contribution in [-0.2, 0) is 13.5 Å². The lowest BCUT2D eigenvalue weighted by atomic mass is 9.83. The number of carbonyl (C=O) groups is 2. The molecule has 0 saturated heterocycles. The predicted octanol–water partition coefficient (Wildman–Crippen LogP) is 1.64. The first kappa shape index (κ1) is 11.0. The summed E-state index contributed by atoms with van der Waals surface area (Å²) in [5, 5.41) is 0. The van der Waals surface area contributed by atoms with Crippen molar-refractivity contribution < 1.29 is 14.0 Å². The van der Waals surface area contributed by atoms with Gasteiger partial charge in [0.1, 0.15) is 11.5 Å². The molecule has 0 aromatic carbocycles. The lowest BCUT2D eigenvalue weighted by Crippen LogP contribution is -2.29. The Balaban J connectivity index is 1.91. The minimum absolute atomic E-state index is 0.152. The third-order valence-corrected chi connectivity index (χ3v) is 3.26. The molecule has 1 atom stereocenters. The first-order valence-corrected chi connectivity index (χ1v) is 5.79. The van der Waals surface area contributed by atoms with Gasteiger partial charge in [-0.15, -0.1) is 0 Å². The van der Waals surface area contributed by atoms with Crippen molar-refractivity contribution in [2.45, 2.75) is 12.8 Å². The van der Waals surface area contributed by atoms with Crippen LogP contribution in [0.25, 0.3) is 0 Å². The van der Waals surface area contributed by atoms with Gasteiger partial charge in [-0.05, 0) is 12.5 Å². The van der Waals surface area contributed by atoms with Crippen LogP contribution in [0.2, 0.25) is 0 Å². The molecule has 0 bridgehead atoms. The molecule has 18 heavy (non-hydrogen) atoms. The monoisotopic (exact) mass is 244 g/mol. The topological polar surface area (TPSA) is 65.1 Å². The van der Waals surface area contributed by atoms with Gasteiger partial charge in [0, 0.05) is 19.7 Å². The van der Waals surface area contributed by atoms with Gasteiger partial charge in [0.25, 0.3) is 0 Å². The Morgan fingerprint density at radius 2 is 2.39 bits per heavy atom. The Labute approximate surface area is 103 Å². The molecule has 2 aromatic rings. The molecule has 0 N–H and O–H groups in total. The number of imidazole rings is 1. The largest absolute Gasteiger partial charge is 0.469 e. The van der Waals surface area contributed by atoms with Crippen molar-refractivity contribution in [3.63, 3.8) is 0 Å². The summed E-state index contributed by atoms with van der Waals surface area (Å²) in [4.78, 5) is 28.4. The number of furan rings is 1. The Kier molecular flexibility index (Phi) is 2.40. The number of Topliss-reactive ketones (excluding diaryl/α,β-unsaturated/α-hetero) is 2. The first-order valence-electron chi connectivity index (χ1n) is 5.79. The van der Waals surface area contributed by atoms with Crippen molar-refractivity contribution in [3.8, 4) is 0 Å². The molecule has 1 unspecified atom stereocenters. The maximum absolute atomic E-state index is 12.2. The van der Waals surface area contributed by atoms with E-state index in [1.807, 2.05) is 0 Å². The zero-order chi connectivity index (χ0) is 12.7. The van der Waals surface area contributed by atoms with Gasteiger partial charge in [-0.2, -0.15) is 0 Å². The fourth-order valence-electron chi connectivity index (χ4n) is 2.32. The van der Waals surface area contributed by atoms with Gasteiger partial charge < -0.3 is 8.98 Å². The Bertz CT molecular complexity index is 624. The lowest BCUT2D eigenvalue weighted by Gasteiger charge is -2.17. The third-order valence-electron chi connectivity index (χ3n) is 3.26. The van der Waals surface area contributed by atoms with E-state index in [4.69, 9.17) is 4.42 Å². The average Bonchev–Trinajstić information content (AvgIpc) is 2.97. The molecule has 0 spiro atoms. The first-order chi connectivity index (χ1) is 8.66. The fraction of sp³-hybridized carbons (Fsp3) is 0.308. The molecule has 92 valence electrons. The van der Waals surface area contributed by atoms with Crippen LogP contribution in [0.5, 0.6) is 0 Å². The zero-order valence-electron chi connectivity index (χ0n) is 9.92. The summed E-state index contributed by atoms with van der Waals surface area (Å²) < 4.78 is 6.91. The number of carbonyl (C=O) groups excluding carboxylic acids is 2. The van der Waals surface area contributed by atoms with E-state index in [0.717, 1.165) is 0 Å². The van der Waals surface area contributed by atoms with Crippen molar-refractivity contribution >= 4 is 11.6 Å². The molecule has 0 saturated carbocycles. The van der Waals surface area contributed by atoms with E-state index >= 15 is 0 Å². The minimum atomic E-state index is -0.620. The highest BCUT2D eigenvalue weighted by Gasteiger charge is 2.35.